The Morgan fingerprint density at radius 1 is 1.47 bits per heavy atom. The van der Waals surface area contributed by atoms with Crippen LogP contribution in [0.15, 0.2) is 18.6 Å². The van der Waals surface area contributed by atoms with Gasteiger partial charge in [-0.3, -0.25) is 9.78 Å². The summed E-state index contributed by atoms with van der Waals surface area (Å²) in [7, 11) is 0. The third kappa shape index (κ3) is 4.11. The van der Waals surface area contributed by atoms with Crippen molar-refractivity contribution < 1.29 is 9.90 Å². The third-order valence-electron chi connectivity index (χ3n) is 2.56. The van der Waals surface area contributed by atoms with Crippen LogP contribution in [0.3, 0.4) is 0 Å². The molecule has 1 atom stereocenters. The van der Waals surface area contributed by atoms with Crippen LogP contribution in [0.4, 0.5) is 0 Å². The Bertz CT molecular complexity index is 360. The van der Waals surface area contributed by atoms with E-state index in [9.17, 15) is 4.79 Å². The summed E-state index contributed by atoms with van der Waals surface area (Å²) in [5.41, 5.74) is 0.181. The summed E-state index contributed by atoms with van der Waals surface area (Å²) in [4.78, 5) is 19.7. The van der Waals surface area contributed by atoms with E-state index in [-0.39, 0.29) is 24.0 Å². The normalized spacial score (nSPS) is 13.2. The van der Waals surface area contributed by atoms with E-state index in [1.165, 1.54) is 18.6 Å². The molecule has 1 amide bonds. The first-order valence-electron chi connectivity index (χ1n) is 5.63. The van der Waals surface area contributed by atoms with Gasteiger partial charge in [0.25, 0.3) is 5.91 Å². The number of hydrogen-bond acceptors (Lipinski definition) is 4. The van der Waals surface area contributed by atoms with Crippen LogP contribution >= 0.6 is 0 Å². The van der Waals surface area contributed by atoms with E-state index >= 15 is 0 Å². The summed E-state index contributed by atoms with van der Waals surface area (Å²) < 4.78 is 0. The highest BCUT2D eigenvalue weighted by molar-refractivity contribution is 5.92. The number of nitrogens with one attached hydrogen (secondary N) is 1. The second-order valence-electron chi connectivity index (χ2n) is 5.00. The van der Waals surface area contributed by atoms with E-state index in [1.807, 2.05) is 20.8 Å². The molecule has 0 aliphatic carbocycles. The van der Waals surface area contributed by atoms with Crippen LogP contribution in [0.5, 0.6) is 0 Å². The lowest BCUT2D eigenvalue weighted by atomic mass is 9.85. The summed E-state index contributed by atoms with van der Waals surface area (Å²) in [6.45, 7) is 6.10. The highest BCUT2D eigenvalue weighted by atomic mass is 16.3. The fraction of sp³-hybridized carbons (Fsp3) is 0.583. The number of amides is 1. The molecule has 0 radical (unpaired) electrons. The van der Waals surface area contributed by atoms with Gasteiger partial charge in [0, 0.05) is 25.0 Å². The molecule has 0 spiro atoms. The molecule has 94 valence electrons. The number of aromatic nitrogens is 2. The zero-order chi connectivity index (χ0) is 12.9. The van der Waals surface area contributed by atoms with Gasteiger partial charge in [0.15, 0.2) is 0 Å². The van der Waals surface area contributed by atoms with Gasteiger partial charge in [-0.15, -0.1) is 0 Å². The van der Waals surface area contributed by atoms with E-state index in [0.29, 0.717) is 12.1 Å². The maximum atomic E-state index is 11.9. The van der Waals surface area contributed by atoms with Gasteiger partial charge in [0.1, 0.15) is 5.69 Å². The molecular weight excluding hydrogens is 218 g/mol. The van der Waals surface area contributed by atoms with Crippen molar-refractivity contribution in [3.63, 3.8) is 0 Å². The molecule has 1 rings (SSSR count). The SMILES string of the molecule is CC(C)(C)C(CCO)NC(=O)c1cnccn1. The monoisotopic (exact) mass is 237 g/mol. The van der Waals surface area contributed by atoms with Gasteiger partial charge in [-0.1, -0.05) is 20.8 Å². The predicted octanol–water partition coefficient (Wildman–Crippen LogP) is 1.00. The summed E-state index contributed by atoms with van der Waals surface area (Å²) in [5.74, 6) is -0.258. The Morgan fingerprint density at radius 3 is 2.65 bits per heavy atom. The van der Waals surface area contributed by atoms with Crippen LogP contribution in [-0.2, 0) is 0 Å². The van der Waals surface area contributed by atoms with E-state index < -0.39 is 0 Å². The number of carbonyl (C=O) groups excluding carboxylic acids is 1. The minimum absolute atomic E-state index is 0.0443. The molecular formula is C12H19N3O2. The van der Waals surface area contributed by atoms with Crippen molar-refractivity contribution in [3.05, 3.63) is 24.3 Å². The zero-order valence-corrected chi connectivity index (χ0v) is 10.5. The fourth-order valence-corrected chi connectivity index (χ4v) is 1.50. The lowest BCUT2D eigenvalue weighted by Gasteiger charge is -2.30. The van der Waals surface area contributed by atoms with E-state index in [4.69, 9.17) is 5.11 Å². The Labute approximate surface area is 101 Å². The molecule has 17 heavy (non-hydrogen) atoms. The first-order chi connectivity index (χ1) is 7.95. The van der Waals surface area contributed by atoms with Gasteiger partial charge in [0.05, 0.1) is 6.20 Å². The van der Waals surface area contributed by atoms with E-state index in [1.54, 1.807) is 0 Å². The summed E-state index contributed by atoms with van der Waals surface area (Å²) in [6.07, 6.45) is 4.95. The number of nitrogens with zero attached hydrogens (tertiary/aromatic N) is 2. The van der Waals surface area contributed by atoms with Crippen molar-refractivity contribution in [2.45, 2.75) is 33.2 Å². The van der Waals surface area contributed by atoms with Gasteiger partial charge < -0.3 is 10.4 Å². The summed E-state index contributed by atoms with van der Waals surface area (Å²) >= 11 is 0. The molecule has 0 aromatic carbocycles. The molecule has 0 aliphatic rings. The van der Waals surface area contributed by atoms with Crippen LogP contribution in [0.2, 0.25) is 0 Å². The first-order valence-corrected chi connectivity index (χ1v) is 5.63. The topological polar surface area (TPSA) is 75.1 Å². The van der Waals surface area contributed by atoms with Crippen LogP contribution in [0.25, 0.3) is 0 Å². The van der Waals surface area contributed by atoms with E-state index in [0.717, 1.165) is 0 Å². The molecule has 0 bridgehead atoms. The number of hydrogen-bond donors (Lipinski definition) is 2. The molecule has 2 N–H and O–H groups in total. The van der Waals surface area contributed by atoms with Crippen molar-refractivity contribution in [1.82, 2.24) is 15.3 Å². The zero-order valence-electron chi connectivity index (χ0n) is 10.5. The molecule has 0 fully saturated rings. The lowest BCUT2D eigenvalue weighted by molar-refractivity contribution is 0.0879. The molecule has 5 heteroatoms. The Hall–Kier alpha value is -1.49. The van der Waals surface area contributed by atoms with Gasteiger partial charge >= 0.3 is 0 Å². The number of rotatable bonds is 4. The molecule has 5 nitrogen and oxygen atoms in total. The fourth-order valence-electron chi connectivity index (χ4n) is 1.50. The van der Waals surface area contributed by atoms with Crippen LogP contribution in [0.1, 0.15) is 37.7 Å². The van der Waals surface area contributed by atoms with Crippen molar-refractivity contribution >= 4 is 5.91 Å². The van der Waals surface area contributed by atoms with Crippen LogP contribution < -0.4 is 5.32 Å². The summed E-state index contributed by atoms with van der Waals surface area (Å²) in [5, 5.41) is 11.9. The minimum atomic E-state index is -0.258. The van der Waals surface area contributed by atoms with Crippen LogP contribution in [-0.4, -0.2) is 33.6 Å². The molecule has 1 heterocycles. The standard InChI is InChI=1S/C12H19N3O2/c1-12(2,3)10(4-7-16)15-11(17)9-8-13-5-6-14-9/h5-6,8,10,16H,4,7H2,1-3H3,(H,15,17). The third-order valence-corrected chi connectivity index (χ3v) is 2.56. The van der Waals surface area contributed by atoms with Crippen LogP contribution in [0, 0.1) is 5.41 Å². The molecule has 0 saturated heterocycles. The van der Waals surface area contributed by atoms with E-state index in [2.05, 4.69) is 15.3 Å². The van der Waals surface area contributed by atoms with Crippen molar-refractivity contribution in [3.8, 4) is 0 Å². The Morgan fingerprint density at radius 2 is 2.18 bits per heavy atom. The quantitative estimate of drug-likeness (QED) is 0.819. The molecule has 1 aromatic heterocycles. The average Bonchev–Trinajstić information content (AvgIpc) is 2.28. The van der Waals surface area contributed by atoms with Crippen molar-refractivity contribution in [1.29, 1.82) is 0 Å². The predicted molar refractivity (Wildman–Crippen MR) is 64.4 cm³/mol. The number of carbonyl (C=O) groups is 1. The smallest absolute Gasteiger partial charge is 0.271 e. The van der Waals surface area contributed by atoms with Gasteiger partial charge in [-0.25, -0.2) is 4.98 Å². The molecule has 0 saturated carbocycles. The van der Waals surface area contributed by atoms with Gasteiger partial charge in [-0.05, 0) is 11.8 Å². The molecule has 0 aliphatic heterocycles. The van der Waals surface area contributed by atoms with Gasteiger partial charge in [-0.2, -0.15) is 0 Å². The number of aliphatic hydroxyl groups is 1. The second-order valence-corrected chi connectivity index (χ2v) is 5.00. The largest absolute Gasteiger partial charge is 0.396 e. The highest BCUT2D eigenvalue weighted by Crippen LogP contribution is 2.21. The number of aliphatic hydroxyl groups excluding tert-OH is 1. The molecule has 1 aromatic rings. The maximum absolute atomic E-state index is 11.9. The lowest BCUT2D eigenvalue weighted by Crippen LogP contribution is -2.44. The van der Waals surface area contributed by atoms with Crippen molar-refractivity contribution in [2.75, 3.05) is 6.61 Å². The van der Waals surface area contributed by atoms with Crippen molar-refractivity contribution in [2.24, 2.45) is 5.41 Å². The Balaban J connectivity index is 2.71. The maximum Gasteiger partial charge on any atom is 0.271 e. The molecule has 1 unspecified atom stereocenters. The minimum Gasteiger partial charge on any atom is -0.396 e. The average molecular weight is 237 g/mol. The first kappa shape index (κ1) is 13.6. The Kier molecular flexibility index (Phi) is 4.57. The highest BCUT2D eigenvalue weighted by Gasteiger charge is 2.26. The summed E-state index contributed by atoms with van der Waals surface area (Å²) in [6, 6.07) is -0.0954. The second kappa shape index (κ2) is 5.72. The van der Waals surface area contributed by atoms with Gasteiger partial charge in [0.2, 0.25) is 0 Å².